The molecule has 0 radical (unpaired) electrons. The van der Waals surface area contributed by atoms with Crippen molar-refractivity contribution < 1.29 is 9.90 Å². The van der Waals surface area contributed by atoms with Crippen LogP contribution in [-0.2, 0) is 4.79 Å². The summed E-state index contributed by atoms with van der Waals surface area (Å²) in [6.07, 6.45) is 5.80. The SMILES string of the molecule is O=C(O)C1CCC=CC1C(c1ccccc1)c1ccccc1. The molecule has 3 rings (SSSR count). The van der Waals surface area contributed by atoms with Gasteiger partial charge in [-0.05, 0) is 24.0 Å². The van der Waals surface area contributed by atoms with Crippen LogP contribution in [0.15, 0.2) is 72.8 Å². The molecule has 0 heterocycles. The molecule has 0 aliphatic heterocycles. The van der Waals surface area contributed by atoms with E-state index in [1.807, 2.05) is 36.4 Å². The van der Waals surface area contributed by atoms with E-state index in [0.29, 0.717) is 6.42 Å². The minimum atomic E-state index is -0.689. The van der Waals surface area contributed by atoms with Crippen molar-refractivity contribution in [2.45, 2.75) is 18.8 Å². The van der Waals surface area contributed by atoms with Crippen LogP contribution in [0.3, 0.4) is 0 Å². The Bertz CT molecular complexity index is 606. The van der Waals surface area contributed by atoms with Gasteiger partial charge in [0, 0.05) is 11.8 Å². The molecule has 1 aliphatic carbocycles. The first-order chi connectivity index (χ1) is 10.8. The Morgan fingerprint density at radius 1 is 0.955 bits per heavy atom. The number of hydrogen-bond donors (Lipinski definition) is 1. The van der Waals surface area contributed by atoms with Gasteiger partial charge < -0.3 is 5.11 Å². The largest absolute Gasteiger partial charge is 0.481 e. The second-order valence-electron chi connectivity index (χ2n) is 5.83. The molecule has 2 atom stereocenters. The van der Waals surface area contributed by atoms with Crippen LogP contribution in [0, 0.1) is 11.8 Å². The summed E-state index contributed by atoms with van der Waals surface area (Å²) in [5.41, 5.74) is 2.35. The molecule has 22 heavy (non-hydrogen) atoms. The highest BCUT2D eigenvalue weighted by molar-refractivity contribution is 5.71. The van der Waals surface area contributed by atoms with Gasteiger partial charge in [0.05, 0.1) is 5.92 Å². The molecule has 0 spiro atoms. The van der Waals surface area contributed by atoms with Crippen LogP contribution in [0.4, 0.5) is 0 Å². The van der Waals surface area contributed by atoms with E-state index in [1.165, 1.54) is 11.1 Å². The molecule has 112 valence electrons. The van der Waals surface area contributed by atoms with Crippen LogP contribution >= 0.6 is 0 Å². The molecule has 0 saturated heterocycles. The molecule has 2 heteroatoms. The van der Waals surface area contributed by atoms with E-state index >= 15 is 0 Å². The number of aliphatic carboxylic acids is 1. The fourth-order valence-electron chi connectivity index (χ4n) is 3.44. The number of hydrogen-bond acceptors (Lipinski definition) is 1. The third-order valence-electron chi connectivity index (χ3n) is 4.49. The maximum atomic E-state index is 11.7. The van der Waals surface area contributed by atoms with Crippen LogP contribution in [-0.4, -0.2) is 11.1 Å². The number of carboxylic acid groups (broad SMARTS) is 1. The minimum absolute atomic E-state index is 0.00366. The Balaban J connectivity index is 2.07. The van der Waals surface area contributed by atoms with Crippen molar-refractivity contribution in [3.05, 3.63) is 83.9 Å². The zero-order chi connectivity index (χ0) is 15.4. The van der Waals surface area contributed by atoms with Crippen molar-refractivity contribution in [2.24, 2.45) is 11.8 Å². The zero-order valence-corrected chi connectivity index (χ0v) is 12.4. The molecule has 0 saturated carbocycles. The highest BCUT2D eigenvalue weighted by atomic mass is 16.4. The fourth-order valence-corrected chi connectivity index (χ4v) is 3.44. The highest BCUT2D eigenvalue weighted by Gasteiger charge is 2.35. The maximum absolute atomic E-state index is 11.7. The van der Waals surface area contributed by atoms with Gasteiger partial charge in [-0.3, -0.25) is 4.79 Å². The predicted molar refractivity (Wildman–Crippen MR) is 87.7 cm³/mol. The van der Waals surface area contributed by atoms with E-state index in [4.69, 9.17) is 0 Å². The second-order valence-corrected chi connectivity index (χ2v) is 5.83. The van der Waals surface area contributed by atoms with Crippen LogP contribution in [0.2, 0.25) is 0 Å². The molecule has 2 aromatic carbocycles. The number of carbonyl (C=O) groups is 1. The number of allylic oxidation sites excluding steroid dienone is 2. The van der Waals surface area contributed by atoms with Crippen molar-refractivity contribution in [2.75, 3.05) is 0 Å². The Labute approximate surface area is 131 Å². The quantitative estimate of drug-likeness (QED) is 0.843. The molecular formula is C20H20O2. The zero-order valence-electron chi connectivity index (χ0n) is 12.4. The Kier molecular flexibility index (Phi) is 4.38. The summed E-state index contributed by atoms with van der Waals surface area (Å²) in [5.74, 6) is -0.933. The highest BCUT2D eigenvalue weighted by Crippen LogP contribution is 2.40. The van der Waals surface area contributed by atoms with Gasteiger partial charge in [0.2, 0.25) is 0 Å². The summed E-state index contributed by atoms with van der Waals surface area (Å²) in [7, 11) is 0. The standard InChI is InChI=1S/C20H20O2/c21-20(22)18-14-8-7-13-17(18)19(15-9-3-1-4-10-15)16-11-5-2-6-12-16/h1-7,9-13,17-19H,8,14H2,(H,21,22). The molecular weight excluding hydrogens is 272 g/mol. The van der Waals surface area contributed by atoms with E-state index in [1.54, 1.807) is 0 Å². The van der Waals surface area contributed by atoms with Gasteiger partial charge in [-0.1, -0.05) is 72.8 Å². The summed E-state index contributed by atoms with van der Waals surface area (Å²) in [5, 5.41) is 9.62. The van der Waals surface area contributed by atoms with E-state index in [-0.39, 0.29) is 17.8 Å². The number of benzene rings is 2. The van der Waals surface area contributed by atoms with Gasteiger partial charge in [0.15, 0.2) is 0 Å². The lowest BCUT2D eigenvalue weighted by Gasteiger charge is -2.32. The third-order valence-corrected chi connectivity index (χ3v) is 4.49. The summed E-state index contributed by atoms with van der Waals surface area (Å²) in [4.78, 5) is 11.7. The van der Waals surface area contributed by atoms with Crippen molar-refractivity contribution in [3.8, 4) is 0 Å². The van der Waals surface area contributed by atoms with Gasteiger partial charge in [-0.25, -0.2) is 0 Å². The van der Waals surface area contributed by atoms with Gasteiger partial charge >= 0.3 is 5.97 Å². The van der Waals surface area contributed by atoms with Crippen LogP contribution in [0.1, 0.15) is 29.9 Å². The summed E-state index contributed by atoms with van der Waals surface area (Å²) < 4.78 is 0. The molecule has 2 nitrogen and oxygen atoms in total. The Hall–Kier alpha value is -2.35. The van der Waals surface area contributed by atoms with E-state index in [9.17, 15) is 9.90 Å². The average molecular weight is 292 g/mol. The molecule has 0 fully saturated rings. The van der Waals surface area contributed by atoms with Crippen molar-refractivity contribution in [1.29, 1.82) is 0 Å². The summed E-state index contributed by atoms with van der Waals surface area (Å²) in [6.45, 7) is 0. The van der Waals surface area contributed by atoms with E-state index < -0.39 is 5.97 Å². The van der Waals surface area contributed by atoms with Gasteiger partial charge in [-0.15, -0.1) is 0 Å². The number of rotatable bonds is 4. The van der Waals surface area contributed by atoms with Crippen LogP contribution in [0.25, 0.3) is 0 Å². The van der Waals surface area contributed by atoms with Crippen LogP contribution in [0.5, 0.6) is 0 Å². The minimum Gasteiger partial charge on any atom is -0.481 e. The Morgan fingerprint density at radius 3 is 2.00 bits per heavy atom. The lowest BCUT2D eigenvalue weighted by molar-refractivity contribution is -0.143. The van der Waals surface area contributed by atoms with Crippen LogP contribution < -0.4 is 0 Å². The first kappa shape index (κ1) is 14.6. The monoisotopic (exact) mass is 292 g/mol. The fraction of sp³-hybridized carbons (Fsp3) is 0.250. The van der Waals surface area contributed by atoms with E-state index in [2.05, 4.69) is 36.4 Å². The van der Waals surface area contributed by atoms with Gasteiger partial charge in [-0.2, -0.15) is 0 Å². The van der Waals surface area contributed by atoms with Crippen molar-refractivity contribution in [3.63, 3.8) is 0 Å². The Morgan fingerprint density at radius 2 is 1.50 bits per heavy atom. The normalized spacial score (nSPS) is 21.0. The molecule has 2 aromatic rings. The topological polar surface area (TPSA) is 37.3 Å². The molecule has 1 aliphatic rings. The van der Waals surface area contributed by atoms with E-state index in [0.717, 1.165) is 6.42 Å². The average Bonchev–Trinajstić information content (AvgIpc) is 2.57. The summed E-state index contributed by atoms with van der Waals surface area (Å²) in [6, 6.07) is 20.5. The number of carboxylic acids is 1. The summed E-state index contributed by atoms with van der Waals surface area (Å²) >= 11 is 0. The van der Waals surface area contributed by atoms with Gasteiger partial charge in [0.1, 0.15) is 0 Å². The molecule has 0 aromatic heterocycles. The third kappa shape index (κ3) is 2.96. The van der Waals surface area contributed by atoms with Crippen molar-refractivity contribution in [1.82, 2.24) is 0 Å². The van der Waals surface area contributed by atoms with Crippen molar-refractivity contribution >= 4 is 5.97 Å². The van der Waals surface area contributed by atoms with Gasteiger partial charge in [0.25, 0.3) is 0 Å². The smallest absolute Gasteiger partial charge is 0.307 e. The predicted octanol–water partition coefficient (Wildman–Crippen LogP) is 4.49. The lowest BCUT2D eigenvalue weighted by atomic mass is 9.71. The lowest BCUT2D eigenvalue weighted by Crippen LogP contribution is -2.29. The first-order valence-electron chi connectivity index (χ1n) is 7.76. The maximum Gasteiger partial charge on any atom is 0.307 e. The molecule has 0 amide bonds. The molecule has 2 unspecified atom stereocenters. The molecule has 0 bridgehead atoms. The molecule has 1 N–H and O–H groups in total. The first-order valence-corrected chi connectivity index (χ1v) is 7.76. The second kappa shape index (κ2) is 6.61.